The van der Waals surface area contributed by atoms with Crippen molar-refractivity contribution < 1.29 is 30.0 Å². The molecule has 0 unspecified atom stereocenters. The van der Waals surface area contributed by atoms with Gasteiger partial charge in [0.1, 0.15) is 4.21 Å². The first-order chi connectivity index (χ1) is 17.7. The fourth-order valence-electron chi connectivity index (χ4n) is 3.29. The topological polar surface area (TPSA) is 92.3 Å². The molecule has 0 atom stereocenters. The van der Waals surface area contributed by atoms with Gasteiger partial charge in [-0.2, -0.15) is 13.2 Å². The van der Waals surface area contributed by atoms with Crippen LogP contribution in [0.5, 0.6) is 0 Å². The average molecular weight is 642 g/mol. The Balaban J connectivity index is 1.82. The fourth-order valence-corrected chi connectivity index (χ4v) is 7.38. The van der Waals surface area contributed by atoms with Crippen LogP contribution in [-0.2, 0) is 26.2 Å². The Hall–Kier alpha value is -2.48. The highest BCUT2D eigenvalue weighted by molar-refractivity contribution is 7.94. The molecule has 2 N–H and O–H groups in total. The molecule has 1 heterocycles. The van der Waals surface area contributed by atoms with Gasteiger partial charge in [-0.1, -0.05) is 59.1 Å². The summed E-state index contributed by atoms with van der Waals surface area (Å²) in [6, 6.07) is 14.5. The van der Waals surface area contributed by atoms with Crippen LogP contribution in [0.3, 0.4) is 0 Å². The number of halogens is 6. The Bertz CT molecular complexity index is 1740. The average Bonchev–Trinajstić information content (AvgIpc) is 3.29. The number of anilines is 2. The summed E-state index contributed by atoms with van der Waals surface area (Å²) >= 11 is 19.0. The molecule has 0 saturated heterocycles. The predicted octanol–water partition coefficient (Wildman–Crippen LogP) is 8.00. The Kier molecular flexibility index (Phi) is 7.95. The van der Waals surface area contributed by atoms with Crippen LogP contribution < -0.4 is 9.44 Å². The Morgan fingerprint density at radius 3 is 2.08 bits per heavy atom. The largest absolute Gasteiger partial charge is 0.416 e. The number of hydrogen-bond donors (Lipinski definition) is 2. The molecule has 3 aromatic carbocycles. The molecule has 6 nitrogen and oxygen atoms in total. The maximum absolute atomic E-state index is 13.2. The second-order valence-corrected chi connectivity index (χ2v) is 13.7. The zero-order valence-corrected chi connectivity index (χ0v) is 23.3. The van der Waals surface area contributed by atoms with Crippen LogP contribution in [0.4, 0.5) is 24.5 Å². The van der Waals surface area contributed by atoms with Crippen molar-refractivity contribution in [1.82, 2.24) is 0 Å². The van der Waals surface area contributed by atoms with Crippen LogP contribution in [0.1, 0.15) is 5.56 Å². The van der Waals surface area contributed by atoms with E-state index in [-0.39, 0.29) is 30.0 Å². The molecule has 0 aliphatic heterocycles. The van der Waals surface area contributed by atoms with Crippen LogP contribution >= 0.6 is 46.1 Å². The van der Waals surface area contributed by atoms with E-state index in [0.717, 1.165) is 29.5 Å². The number of hydrogen-bond acceptors (Lipinski definition) is 5. The van der Waals surface area contributed by atoms with Crippen molar-refractivity contribution in [2.75, 3.05) is 9.44 Å². The van der Waals surface area contributed by atoms with Crippen LogP contribution in [0.15, 0.2) is 81.9 Å². The number of rotatable bonds is 7. The molecule has 0 radical (unpaired) electrons. The zero-order chi connectivity index (χ0) is 27.9. The maximum atomic E-state index is 13.2. The normalized spacial score (nSPS) is 12.4. The van der Waals surface area contributed by atoms with Gasteiger partial charge in [0, 0.05) is 5.56 Å². The van der Waals surface area contributed by atoms with Crippen LogP contribution in [-0.4, -0.2) is 16.8 Å². The van der Waals surface area contributed by atoms with E-state index in [9.17, 15) is 30.0 Å². The summed E-state index contributed by atoms with van der Waals surface area (Å²) in [6.45, 7) is 0. The molecule has 0 amide bonds. The summed E-state index contributed by atoms with van der Waals surface area (Å²) in [6.07, 6.45) is -4.78. The van der Waals surface area contributed by atoms with Gasteiger partial charge in [0.15, 0.2) is 0 Å². The second-order valence-electron chi connectivity index (χ2n) is 7.66. The number of nitrogens with one attached hydrogen (secondary N) is 2. The predicted molar refractivity (Wildman–Crippen MR) is 144 cm³/mol. The zero-order valence-electron chi connectivity index (χ0n) is 18.6. The molecule has 4 aromatic rings. The van der Waals surface area contributed by atoms with Gasteiger partial charge in [-0.3, -0.25) is 9.44 Å². The van der Waals surface area contributed by atoms with E-state index in [1.807, 2.05) is 0 Å². The highest BCUT2D eigenvalue weighted by Gasteiger charge is 2.32. The first-order valence-corrected chi connectivity index (χ1v) is 15.2. The van der Waals surface area contributed by atoms with Crippen LogP contribution in [0, 0.1) is 0 Å². The number of benzene rings is 3. The Morgan fingerprint density at radius 1 is 0.737 bits per heavy atom. The molecule has 0 saturated carbocycles. The van der Waals surface area contributed by atoms with Crippen molar-refractivity contribution >= 4 is 77.6 Å². The lowest BCUT2D eigenvalue weighted by molar-refractivity contribution is -0.137. The SMILES string of the molecule is O=S(=O)(Nc1cc(-c2cccc(Cl)c2Cl)ccc1NS(=O)(=O)c1ccc(Cl)s1)c1cccc(C(F)(F)F)c1. The molecular weight excluding hydrogens is 628 g/mol. The first kappa shape index (κ1) is 28.5. The Morgan fingerprint density at radius 2 is 1.42 bits per heavy atom. The quantitative estimate of drug-likeness (QED) is 0.214. The highest BCUT2D eigenvalue weighted by atomic mass is 35.5. The number of thiophene rings is 1. The van der Waals surface area contributed by atoms with Gasteiger partial charge >= 0.3 is 6.18 Å². The van der Waals surface area contributed by atoms with Gasteiger partial charge in [0.25, 0.3) is 20.0 Å². The van der Waals surface area contributed by atoms with Crippen molar-refractivity contribution in [1.29, 1.82) is 0 Å². The molecule has 38 heavy (non-hydrogen) atoms. The van der Waals surface area contributed by atoms with E-state index < -0.39 is 36.7 Å². The summed E-state index contributed by atoms with van der Waals surface area (Å²) in [5.74, 6) is 0. The van der Waals surface area contributed by atoms with Crippen LogP contribution in [0.25, 0.3) is 11.1 Å². The molecule has 200 valence electrons. The van der Waals surface area contributed by atoms with Crippen molar-refractivity contribution in [2.45, 2.75) is 15.3 Å². The molecule has 1 aromatic heterocycles. The monoisotopic (exact) mass is 640 g/mol. The fraction of sp³-hybridized carbons (Fsp3) is 0.0435. The molecule has 0 aliphatic carbocycles. The van der Waals surface area contributed by atoms with E-state index in [1.54, 1.807) is 18.2 Å². The van der Waals surface area contributed by atoms with E-state index in [0.29, 0.717) is 17.2 Å². The lowest BCUT2D eigenvalue weighted by Crippen LogP contribution is -2.18. The number of sulfonamides is 2. The van der Waals surface area contributed by atoms with E-state index in [4.69, 9.17) is 34.8 Å². The molecule has 4 rings (SSSR count). The molecule has 0 spiro atoms. The minimum atomic E-state index is -4.78. The van der Waals surface area contributed by atoms with Gasteiger partial charge in [0.05, 0.1) is 36.2 Å². The van der Waals surface area contributed by atoms with E-state index in [1.165, 1.54) is 30.3 Å². The van der Waals surface area contributed by atoms with Crippen molar-refractivity contribution in [3.63, 3.8) is 0 Å². The van der Waals surface area contributed by atoms with Gasteiger partial charge < -0.3 is 0 Å². The van der Waals surface area contributed by atoms with Crippen molar-refractivity contribution in [3.8, 4) is 11.1 Å². The van der Waals surface area contributed by atoms with E-state index in [2.05, 4.69) is 9.44 Å². The molecule has 0 fully saturated rings. The lowest BCUT2D eigenvalue weighted by Gasteiger charge is -2.17. The summed E-state index contributed by atoms with van der Waals surface area (Å²) in [4.78, 5) is -0.683. The third-order valence-corrected chi connectivity index (χ3v) is 10.3. The van der Waals surface area contributed by atoms with Gasteiger partial charge in [0.2, 0.25) is 0 Å². The summed E-state index contributed by atoms with van der Waals surface area (Å²) in [7, 11) is -8.81. The Labute approximate surface area is 235 Å². The minimum Gasteiger partial charge on any atom is -0.277 e. The highest BCUT2D eigenvalue weighted by Crippen LogP contribution is 2.38. The third kappa shape index (κ3) is 6.22. The van der Waals surface area contributed by atoms with Gasteiger partial charge in [-0.05, 0) is 54.1 Å². The van der Waals surface area contributed by atoms with Gasteiger partial charge in [-0.25, -0.2) is 16.8 Å². The van der Waals surface area contributed by atoms with Crippen molar-refractivity contribution in [3.05, 3.63) is 92.7 Å². The first-order valence-electron chi connectivity index (χ1n) is 10.2. The molecular formula is C23H14Cl3F3N2O4S3. The summed E-state index contributed by atoms with van der Waals surface area (Å²) in [5.41, 5.74) is -0.899. The molecule has 0 bridgehead atoms. The second kappa shape index (κ2) is 10.6. The van der Waals surface area contributed by atoms with Crippen molar-refractivity contribution in [2.24, 2.45) is 0 Å². The van der Waals surface area contributed by atoms with Gasteiger partial charge in [-0.15, -0.1) is 11.3 Å². The number of alkyl halides is 3. The maximum Gasteiger partial charge on any atom is 0.416 e. The molecule has 15 heteroatoms. The molecule has 0 aliphatic rings. The van der Waals surface area contributed by atoms with E-state index >= 15 is 0 Å². The van der Waals surface area contributed by atoms with Crippen LogP contribution in [0.2, 0.25) is 14.4 Å². The third-order valence-electron chi connectivity index (χ3n) is 5.06. The lowest BCUT2D eigenvalue weighted by atomic mass is 10.0. The summed E-state index contributed by atoms with van der Waals surface area (Å²) in [5, 5.41) is 0.372. The standard InChI is InChI=1S/C23H14Cl3F3N2O4S3/c24-17-6-2-5-16(22(17)26)13-7-8-18(30-38(34,35)21-10-9-20(25)36-21)19(11-13)31-37(32,33)15-4-1-3-14(12-15)23(27,28)29/h1-12,30-31H. The smallest absolute Gasteiger partial charge is 0.277 e. The minimum absolute atomic E-state index is 0.142. The summed E-state index contributed by atoms with van der Waals surface area (Å²) < 4.78 is 96.2.